The predicted octanol–water partition coefficient (Wildman–Crippen LogP) is 9.41. The molecule has 4 aromatic rings. The summed E-state index contributed by atoms with van der Waals surface area (Å²) < 4.78 is 13.1. The topological polar surface area (TPSA) is 54.6 Å². The normalized spacial score (nSPS) is 15.3. The summed E-state index contributed by atoms with van der Waals surface area (Å²) in [6.45, 7) is 9.83. The highest BCUT2D eigenvalue weighted by Crippen LogP contribution is 2.45. The van der Waals surface area contributed by atoms with Crippen LogP contribution in [0.15, 0.2) is 64.1 Å². The molecule has 1 aliphatic carbocycles. The van der Waals surface area contributed by atoms with E-state index in [0.717, 1.165) is 45.4 Å². The van der Waals surface area contributed by atoms with Crippen LogP contribution in [0.25, 0.3) is 10.8 Å². The highest BCUT2D eigenvalue weighted by Gasteiger charge is 2.32. The van der Waals surface area contributed by atoms with E-state index in [1.165, 1.54) is 21.2 Å². The van der Waals surface area contributed by atoms with Crippen LogP contribution >= 0.6 is 27.3 Å². The molecule has 0 saturated heterocycles. The summed E-state index contributed by atoms with van der Waals surface area (Å²) in [7, 11) is 0. The first-order chi connectivity index (χ1) is 18.8. The van der Waals surface area contributed by atoms with E-state index in [1.807, 2.05) is 37.4 Å². The van der Waals surface area contributed by atoms with Gasteiger partial charge in [0.1, 0.15) is 17.7 Å². The van der Waals surface area contributed by atoms with E-state index in [2.05, 4.69) is 73.1 Å². The molecule has 3 aromatic carbocycles. The Morgan fingerprint density at radius 2 is 1.92 bits per heavy atom. The van der Waals surface area contributed by atoms with Gasteiger partial charge in [-0.2, -0.15) is 5.26 Å². The van der Waals surface area contributed by atoms with Crippen molar-refractivity contribution in [2.75, 3.05) is 6.61 Å². The third kappa shape index (κ3) is 5.90. The molecule has 0 bridgehead atoms. The summed E-state index contributed by atoms with van der Waals surface area (Å²) in [4.78, 5) is 6.11. The van der Waals surface area contributed by atoms with Crippen LogP contribution in [0.5, 0.6) is 11.5 Å². The quantitative estimate of drug-likeness (QED) is 0.198. The second-order valence-electron chi connectivity index (χ2n) is 11.0. The number of rotatable bonds is 7. The number of halogens is 1. The van der Waals surface area contributed by atoms with Crippen molar-refractivity contribution >= 4 is 49.3 Å². The molecule has 0 saturated carbocycles. The van der Waals surface area contributed by atoms with Crippen LogP contribution in [-0.2, 0) is 19.4 Å². The molecule has 200 valence electrons. The van der Waals surface area contributed by atoms with E-state index in [-0.39, 0.29) is 5.41 Å². The SMILES string of the molecule is CCOc1cc(C=Nc2sc3c(c2C#N)CC[C@@H](C(C)(C)C)C3)cc(Br)c1OCc1cccc2ccccc12. The number of fused-ring (bicyclic) bond motifs is 2. The Kier molecular flexibility index (Phi) is 8.11. The molecule has 1 heterocycles. The Labute approximate surface area is 243 Å². The van der Waals surface area contributed by atoms with E-state index >= 15 is 0 Å². The fourth-order valence-corrected chi connectivity index (χ4v) is 7.08. The largest absolute Gasteiger partial charge is 0.490 e. The summed E-state index contributed by atoms with van der Waals surface area (Å²) in [5, 5.41) is 13.1. The fourth-order valence-electron chi connectivity index (χ4n) is 5.28. The molecular formula is C33H33BrN2O2S. The van der Waals surface area contributed by atoms with Crippen LogP contribution in [0.1, 0.15) is 61.2 Å². The number of nitrogens with zero attached hydrogens (tertiary/aromatic N) is 2. The molecule has 4 nitrogen and oxygen atoms in total. The van der Waals surface area contributed by atoms with E-state index in [9.17, 15) is 5.26 Å². The Balaban J connectivity index is 1.40. The number of aliphatic imine (C=N–C) groups is 1. The molecule has 0 radical (unpaired) electrons. The molecular weight excluding hydrogens is 568 g/mol. The van der Waals surface area contributed by atoms with Gasteiger partial charge in [0.15, 0.2) is 11.5 Å². The minimum atomic E-state index is 0.261. The number of benzene rings is 3. The first kappa shape index (κ1) is 27.4. The van der Waals surface area contributed by atoms with Crippen molar-refractivity contribution in [1.82, 2.24) is 0 Å². The number of ether oxygens (including phenoxy) is 2. The maximum absolute atomic E-state index is 9.94. The Bertz CT molecular complexity index is 1570. The predicted molar refractivity (Wildman–Crippen MR) is 165 cm³/mol. The lowest BCUT2D eigenvalue weighted by Crippen LogP contribution is -2.26. The summed E-state index contributed by atoms with van der Waals surface area (Å²) >= 11 is 5.37. The van der Waals surface area contributed by atoms with Gasteiger partial charge in [0, 0.05) is 11.1 Å². The van der Waals surface area contributed by atoms with Gasteiger partial charge in [-0.1, -0.05) is 63.2 Å². The van der Waals surface area contributed by atoms with Crippen molar-refractivity contribution in [2.24, 2.45) is 16.3 Å². The van der Waals surface area contributed by atoms with Gasteiger partial charge in [0.05, 0.1) is 16.6 Å². The second kappa shape index (κ2) is 11.5. The van der Waals surface area contributed by atoms with Crippen LogP contribution in [-0.4, -0.2) is 12.8 Å². The van der Waals surface area contributed by atoms with Crippen LogP contribution in [0.4, 0.5) is 5.00 Å². The average molecular weight is 602 g/mol. The van der Waals surface area contributed by atoms with E-state index < -0.39 is 0 Å². The van der Waals surface area contributed by atoms with Crippen molar-refractivity contribution in [3.8, 4) is 17.6 Å². The second-order valence-corrected chi connectivity index (χ2v) is 13.0. The van der Waals surface area contributed by atoms with Gasteiger partial charge >= 0.3 is 0 Å². The average Bonchev–Trinajstić information content (AvgIpc) is 3.28. The zero-order chi connectivity index (χ0) is 27.6. The lowest BCUT2D eigenvalue weighted by molar-refractivity contribution is 0.218. The molecule has 1 atom stereocenters. The van der Waals surface area contributed by atoms with Crippen LogP contribution < -0.4 is 9.47 Å². The zero-order valence-corrected chi connectivity index (χ0v) is 25.3. The maximum Gasteiger partial charge on any atom is 0.175 e. The summed E-state index contributed by atoms with van der Waals surface area (Å²) in [5.41, 5.74) is 4.19. The minimum Gasteiger partial charge on any atom is -0.490 e. The fraction of sp³-hybridized carbons (Fsp3) is 0.333. The van der Waals surface area contributed by atoms with Gasteiger partial charge in [-0.25, -0.2) is 4.99 Å². The maximum atomic E-state index is 9.94. The first-order valence-electron chi connectivity index (χ1n) is 13.4. The monoisotopic (exact) mass is 600 g/mol. The molecule has 39 heavy (non-hydrogen) atoms. The van der Waals surface area contributed by atoms with Gasteiger partial charge in [0.2, 0.25) is 0 Å². The summed E-state index contributed by atoms with van der Waals surface area (Å²) in [6.07, 6.45) is 4.92. The van der Waals surface area contributed by atoms with Crippen molar-refractivity contribution in [2.45, 2.75) is 53.6 Å². The van der Waals surface area contributed by atoms with Crippen LogP contribution in [0, 0.1) is 22.7 Å². The molecule has 0 unspecified atom stereocenters. The number of thiophene rings is 1. The van der Waals surface area contributed by atoms with Crippen molar-refractivity contribution in [1.29, 1.82) is 5.26 Å². The van der Waals surface area contributed by atoms with Crippen molar-refractivity contribution in [3.63, 3.8) is 0 Å². The number of hydrogen-bond acceptors (Lipinski definition) is 5. The Morgan fingerprint density at radius 3 is 2.69 bits per heavy atom. The summed E-state index contributed by atoms with van der Waals surface area (Å²) in [6, 6.07) is 20.9. The zero-order valence-electron chi connectivity index (χ0n) is 22.9. The molecule has 6 heteroatoms. The highest BCUT2D eigenvalue weighted by molar-refractivity contribution is 9.10. The lowest BCUT2D eigenvalue weighted by Gasteiger charge is -2.33. The standard InChI is InChI=1S/C33H33BrN2O2S/c1-5-37-29-16-21(15-28(34)31(29)38-20-23-11-8-10-22-9-6-7-12-25(22)23)19-36-32-27(18-35)26-14-13-24(33(2,3)4)17-30(26)39-32/h6-12,15-16,19,24H,5,13-14,17,20H2,1-4H3/t24-/m1/s1. The van der Waals surface area contributed by atoms with Crippen molar-refractivity contribution in [3.05, 3.63) is 86.2 Å². The lowest BCUT2D eigenvalue weighted by atomic mass is 9.72. The van der Waals surface area contributed by atoms with Gasteiger partial charge < -0.3 is 9.47 Å². The van der Waals surface area contributed by atoms with Gasteiger partial charge in [0.25, 0.3) is 0 Å². The van der Waals surface area contributed by atoms with E-state index in [1.54, 1.807) is 11.3 Å². The molecule has 0 amide bonds. The number of nitriles is 1. The first-order valence-corrected chi connectivity index (χ1v) is 15.0. The Morgan fingerprint density at radius 1 is 1.13 bits per heavy atom. The van der Waals surface area contributed by atoms with E-state index in [4.69, 9.17) is 14.5 Å². The molecule has 0 N–H and O–H groups in total. The van der Waals surface area contributed by atoms with Gasteiger partial charge in [-0.15, -0.1) is 11.3 Å². The Hall–Kier alpha value is -3.14. The van der Waals surface area contributed by atoms with Gasteiger partial charge in [-0.3, -0.25) is 0 Å². The van der Waals surface area contributed by atoms with Crippen molar-refractivity contribution < 1.29 is 9.47 Å². The minimum absolute atomic E-state index is 0.261. The van der Waals surface area contributed by atoms with E-state index in [0.29, 0.717) is 30.6 Å². The van der Waals surface area contributed by atoms with Gasteiger partial charge in [-0.05, 0) is 93.0 Å². The third-order valence-electron chi connectivity index (χ3n) is 7.50. The van der Waals surface area contributed by atoms with Crippen LogP contribution in [0.3, 0.4) is 0 Å². The molecule has 0 spiro atoms. The third-order valence-corrected chi connectivity index (χ3v) is 9.25. The highest BCUT2D eigenvalue weighted by atomic mass is 79.9. The molecule has 0 aliphatic heterocycles. The number of hydrogen-bond donors (Lipinski definition) is 0. The molecule has 0 fully saturated rings. The smallest absolute Gasteiger partial charge is 0.175 e. The molecule has 1 aromatic heterocycles. The summed E-state index contributed by atoms with van der Waals surface area (Å²) in [5.74, 6) is 1.95. The molecule has 5 rings (SSSR count). The molecule has 1 aliphatic rings. The van der Waals surface area contributed by atoms with Crippen LogP contribution in [0.2, 0.25) is 0 Å².